The molecular weight excluding hydrogens is 270 g/mol. The highest BCUT2D eigenvalue weighted by atomic mass is 35.5. The first-order valence-corrected chi connectivity index (χ1v) is 6.03. The largest absolute Gasteiger partial charge is 0.506 e. The molecule has 6 heteroatoms. The van der Waals surface area contributed by atoms with Crippen LogP contribution in [0.3, 0.4) is 0 Å². The predicted octanol–water partition coefficient (Wildman–Crippen LogP) is 2.27. The molecule has 3 N–H and O–H groups in total. The summed E-state index contributed by atoms with van der Waals surface area (Å²) < 4.78 is 0. The minimum atomic E-state index is -1.11. The lowest BCUT2D eigenvalue weighted by Gasteiger charge is -2.27. The summed E-state index contributed by atoms with van der Waals surface area (Å²) in [5.41, 5.74) is -0.430. The molecule has 0 saturated carbocycles. The fourth-order valence-corrected chi connectivity index (χ4v) is 1.69. The molecule has 1 aromatic carbocycles. The Bertz CT molecular complexity index is 508. The third kappa shape index (κ3) is 3.86. The van der Waals surface area contributed by atoms with E-state index in [0.29, 0.717) is 0 Å². The van der Waals surface area contributed by atoms with Gasteiger partial charge in [-0.2, -0.15) is 0 Å². The molecule has 0 aliphatic rings. The zero-order valence-electron chi connectivity index (χ0n) is 10.9. The van der Waals surface area contributed by atoms with Crippen molar-refractivity contribution in [2.24, 2.45) is 5.41 Å². The lowest BCUT2D eigenvalue weighted by Crippen LogP contribution is -2.49. The number of phenolic OH excluding ortho intramolecular Hbond substituents is 1. The molecule has 0 heterocycles. The Labute approximate surface area is 116 Å². The van der Waals surface area contributed by atoms with E-state index >= 15 is 0 Å². The van der Waals surface area contributed by atoms with E-state index in [1.165, 1.54) is 18.2 Å². The van der Waals surface area contributed by atoms with Crippen molar-refractivity contribution in [2.45, 2.75) is 26.8 Å². The quantitative estimate of drug-likeness (QED) is 0.795. The summed E-state index contributed by atoms with van der Waals surface area (Å²) in [6.07, 6.45) is 0. The second-order valence-electron chi connectivity index (χ2n) is 5.28. The molecule has 0 unspecified atom stereocenters. The van der Waals surface area contributed by atoms with E-state index in [9.17, 15) is 14.7 Å². The van der Waals surface area contributed by atoms with Gasteiger partial charge in [-0.3, -0.25) is 4.79 Å². The highest BCUT2D eigenvalue weighted by Crippen LogP contribution is 2.24. The molecule has 104 valence electrons. The maximum Gasteiger partial charge on any atom is 0.326 e. The monoisotopic (exact) mass is 285 g/mol. The number of carboxylic acid groups (broad SMARTS) is 1. The lowest BCUT2D eigenvalue weighted by atomic mass is 9.86. The summed E-state index contributed by atoms with van der Waals surface area (Å²) in [5.74, 6) is -1.79. The normalized spacial score (nSPS) is 12.8. The van der Waals surface area contributed by atoms with Gasteiger partial charge in [0, 0.05) is 5.56 Å². The van der Waals surface area contributed by atoms with Crippen LogP contribution >= 0.6 is 11.6 Å². The van der Waals surface area contributed by atoms with Crippen LogP contribution in [0.15, 0.2) is 18.2 Å². The number of hydrogen-bond donors (Lipinski definition) is 3. The number of nitrogens with one attached hydrogen (secondary N) is 1. The number of carboxylic acids is 1. The van der Waals surface area contributed by atoms with Crippen molar-refractivity contribution >= 4 is 23.5 Å². The summed E-state index contributed by atoms with van der Waals surface area (Å²) in [6, 6.07) is 2.92. The molecule has 0 aliphatic carbocycles. The SMILES string of the molecule is CC(C)(C)[C@@H](NC(=O)c1ccc(O)c(Cl)c1)C(=O)O. The van der Waals surface area contributed by atoms with Gasteiger partial charge >= 0.3 is 5.97 Å². The number of carbonyl (C=O) groups is 2. The number of benzene rings is 1. The minimum Gasteiger partial charge on any atom is -0.506 e. The Morgan fingerprint density at radius 2 is 1.89 bits per heavy atom. The van der Waals surface area contributed by atoms with Gasteiger partial charge in [0.25, 0.3) is 5.91 Å². The molecule has 0 bridgehead atoms. The Morgan fingerprint density at radius 1 is 1.32 bits per heavy atom. The first-order valence-electron chi connectivity index (χ1n) is 5.65. The van der Waals surface area contributed by atoms with Crippen molar-refractivity contribution in [3.05, 3.63) is 28.8 Å². The molecule has 1 atom stereocenters. The standard InChI is InChI=1S/C13H16ClNO4/c1-13(2,3)10(12(18)19)15-11(17)7-4-5-9(16)8(14)6-7/h4-6,10,16H,1-3H3,(H,15,17)(H,18,19)/t10-/m0/s1. The van der Waals surface area contributed by atoms with Gasteiger partial charge in [0.2, 0.25) is 0 Å². The van der Waals surface area contributed by atoms with Gasteiger partial charge in [0.05, 0.1) is 5.02 Å². The Balaban J connectivity index is 2.94. The number of hydrogen-bond acceptors (Lipinski definition) is 3. The van der Waals surface area contributed by atoms with Crippen LogP contribution < -0.4 is 5.32 Å². The number of rotatable bonds is 3. The Kier molecular flexibility index (Phi) is 4.42. The van der Waals surface area contributed by atoms with Crippen molar-refractivity contribution < 1.29 is 19.8 Å². The van der Waals surface area contributed by atoms with Crippen molar-refractivity contribution in [3.8, 4) is 5.75 Å². The molecule has 0 aliphatic heterocycles. The molecule has 0 fully saturated rings. The lowest BCUT2D eigenvalue weighted by molar-refractivity contribution is -0.142. The maximum atomic E-state index is 12.0. The van der Waals surface area contributed by atoms with Crippen LogP contribution in [0.5, 0.6) is 5.75 Å². The fraction of sp³-hybridized carbons (Fsp3) is 0.385. The molecule has 0 aromatic heterocycles. The van der Waals surface area contributed by atoms with Crippen molar-refractivity contribution in [2.75, 3.05) is 0 Å². The van der Waals surface area contributed by atoms with Crippen molar-refractivity contribution in [3.63, 3.8) is 0 Å². The first-order chi connectivity index (χ1) is 8.62. The molecule has 1 rings (SSSR count). The van der Waals surface area contributed by atoms with Gasteiger partial charge in [0.15, 0.2) is 0 Å². The molecule has 1 amide bonds. The highest BCUT2D eigenvalue weighted by molar-refractivity contribution is 6.32. The van der Waals surface area contributed by atoms with E-state index in [1.807, 2.05) is 0 Å². The minimum absolute atomic E-state index is 0.0373. The van der Waals surface area contributed by atoms with Gasteiger partial charge < -0.3 is 15.5 Å². The Hall–Kier alpha value is -1.75. The summed E-state index contributed by atoms with van der Waals surface area (Å²) in [7, 11) is 0. The number of aliphatic carboxylic acids is 1. The van der Waals surface area contributed by atoms with E-state index in [0.717, 1.165) is 0 Å². The number of carbonyl (C=O) groups excluding carboxylic acids is 1. The molecule has 0 radical (unpaired) electrons. The zero-order chi connectivity index (χ0) is 14.8. The van der Waals surface area contributed by atoms with Gasteiger partial charge in [0.1, 0.15) is 11.8 Å². The van der Waals surface area contributed by atoms with Gasteiger partial charge in [-0.15, -0.1) is 0 Å². The van der Waals surface area contributed by atoms with E-state index in [4.69, 9.17) is 16.7 Å². The summed E-state index contributed by atoms with van der Waals surface area (Å²) in [5, 5.41) is 20.9. The molecule has 1 aromatic rings. The average Bonchev–Trinajstić information content (AvgIpc) is 2.27. The second kappa shape index (κ2) is 5.48. The molecular formula is C13H16ClNO4. The van der Waals surface area contributed by atoms with Crippen LogP contribution in [0.25, 0.3) is 0 Å². The predicted molar refractivity (Wildman–Crippen MR) is 71.5 cm³/mol. The summed E-state index contributed by atoms with van der Waals surface area (Å²) in [6.45, 7) is 5.15. The third-order valence-corrected chi connectivity index (χ3v) is 2.90. The van der Waals surface area contributed by atoms with Gasteiger partial charge in [-0.25, -0.2) is 4.79 Å². The number of aromatic hydroxyl groups is 1. The van der Waals surface area contributed by atoms with E-state index in [1.54, 1.807) is 20.8 Å². The van der Waals surface area contributed by atoms with Crippen LogP contribution in [0, 0.1) is 5.41 Å². The van der Waals surface area contributed by atoms with E-state index in [2.05, 4.69) is 5.32 Å². The van der Waals surface area contributed by atoms with Crippen LogP contribution in [0.4, 0.5) is 0 Å². The average molecular weight is 286 g/mol. The van der Waals surface area contributed by atoms with Crippen molar-refractivity contribution in [1.82, 2.24) is 5.32 Å². The highest BCUT2D eigenvalue weighted by Gasteiger charge is 2.32. The molecule has 0 spiro atoms. The molecule has 19 heavy (non-hydrogen) atoms. The molecule has 5 nitrogen and oxygen atoms in total. The second-order valence-corrected chi connectivity index (χ2v) is 5.68. The first kappa shape index (κ1) is 15.3. The van der Waals surface area contributed by atoms with Crippen LogP contribution in [0.1, 0.15) is 31.1 Å². The molecule has 0 saturated heterocycles. The fourth-order valence-electron chi connectivity index (χ4n) is 1.51. The van der Waals surface area contributed by atoms with Gasteiger partial charge in [-0.1, -0.05) is 32.4 Å². The Morgan fingerprint density at radius 3 is 2.32 bits per heavy atom. The zero-order valence-corrected chi connectivity index (χ0v) is 11.7. The van der Waals surface area contributed by atoms with Crippen LogP contribution in [-0.4, -0.2) is 28.1 Å². The number of phenols is 1. The smallest absolute Gasteiger partial charge is 0.326 e. The summed E-state index contributed by atoms with van der Waals surface area (Å²) in [4.78, 5) is 23.1. The van der Waals surface area contributed by atoms with E-state index in [-0.39, 0.29) is 16.3 Å². The van der Waals surface area contributed by atoms with Crippen molar-refractivity contribution in [1.29, 1.82) is 0 Å². The number of halogens is 1. The maximum absolute atomic E-state index is 12.0. The van der Waals surface area contributed by atoms with Gasteiger partial charge in [-0.05, 0) is 23.6 Å². The third-order valence-electron chi connectivity index (χ3n) is 2.60. The topological polar surface area (TPSA) is 86.6 Å². The van der Waals surface area contributed by atoms with E-state index < -0.39 is 23.3 Å². The number of amides is 1. The summed E-state index contributed by atoms with van der Waals surface area (Å²) >= 11 is 5.70. The van der Waals surface area contributed by atoms with Crippen LogP contribution in [0.2, 0.25) is 5.02 Å². The van der Waals surface area contributed by atoms with Crippen LogP contribution in [-0.2, 0) is 4.79 Å².